The van der Waals surface area contributed by atoms with Crippen molar-refractivity contribution in [2.45, 2.75) is 25.7 Å². The van der Waals surface area contributed by atoms with E-state index >= 15 is 0 Å². The number of methoxy groups -OCH3 is 1. The molecule has 0 fully saturated rings. The molecule has 2 aromatic carbocycles. The molecule has 4 heteroatoms. The first kappa shape index (κ1) is 17.9. The van der Waals surface area contributed by atoms with E-state index in [9.17, 15) is 4.39 Å². The van der Waals surface area contributed by atoms with Gasteiger partial charge in [0.2, 0.25) is 0 Å². The molecule has 0 aliphatic carbocycles. The first-order chi connectivity index (χ1) is 11.2. The highest BCUT2D eigenvalue weighted by Crippen LogP contribution is 2.23. The summed E-state index contributed by atoms with van der Waals surface area (Å²) in [6.45, 7) is 1.56. The van der Waals surface area contributed by atoms with Crippen LogP contribution in [0.5, 0.6) is 5.75 Å². The predicted octanol–water partition coefficient (Wildman–Crippen LogP) is 4.58. The first-order valence-corrected chi connectivity index (χ1v) is 8.55. The Morgan fingerprint density at radius 3 is 2.22 bits per heavy atom. The average molecular weight is 334 g/mol. The van der Waals surface area contributed by atoms with Crippen LogP contribution in [-0.2, 0) is 4.74 Å². The van der Waals surface area contributed by atoms with E-state index in [0.29, 0.717) is 0 Å². The lowest BCUT2D eigenvalue weighted by molar-refractivity contribution is 0.191. The molecule has 0 saturated carbocycles. The first-order valence-electron chi connectivity index (χ1n) is 7.97. The third-order valence-electron chi connectivity index (χ3n) is 3.62. The quantitative estimate of drug-likeness (QED) is 0.494. The van der Waals surface area contributed by atoms with Gasteiger partial charge in [0, 0.05) is 13.7 Å². The summed E-state index contributed by atoms with van der Waals surface area (Å²) < 4.78 is 24.2. The molecule has 2 aromatic rings. The van der Waals surface area contributed by atoms with E-state index in [0.717, 1.165) is 54.7 Å². The van der Waals surface area contributed by atoms with Crippen LogP contribution in [0.15, 0.2) is 42.5 Å². The topological polar surface area (TPSA) is 18.5 Å². The fraction of sp³-hybridized carbons (Fsp3) is 0.368. The third-order valence-corrected chi connectivity index (χ3v) is 3.95. The summed E-state index contributed by atoms with van der Waals surface area (Å²) in [5, 5.41) is 0.841. The van der Waals surface area contributed by atoms with Crippen molar-refractivity contribution in [1.82, 2.24) is 0 Å². The molecule has 0 aromatic heterocycles. The minimum absolute atomic E-state index is 0.221. The van der Waals surface area contributed by atoms with Crippen molar-refractivity contribution < 1.29 is 13.9 Å². The zero-order valence-corrected chi connectivity index (χ0v) is 14.7. The molecular formula is C19H24FO2P. The summed E-state index contributed by atoms with van der Waals surface area (Å²) in [5.41, 5.74) is 1.86. The van der Waals surface area contributed by atoms with E-state index in [1.165, 1.54) is 12.5 Å². The van der Waals surface area contributed by atoms with Gasteiger partial charge in [-0.1, -0.05) is 18.6 Å². The highest BCUT2D eigenvalue weighted by atomic mass is 31.0. The molecule has 1 atom stereocenters. The number of rotatable bonds is 9. The van der Waals surface area contributed by atoms with Crippen LogP contribution < -0.4 is 10.0 Å². The molecule has 0 heterocycles. The molecule has 23 heavy (non-hydrogen) atoms. The SMILES string of the molecule is COCCCCCCOc1ccc(-c2cc(F)cc(P)c2)cc1. The molecular weight excluding hydrogens is 310 g/mol. The van der Waals surface area contributed by atoms with E-state index in [2.05, 4.69) is 9.24 Å². The predicted molar refractivity (Wildman–Crippen MR) is 97.0 cm³/mol. The molecule has 2 nitrogen and oxygen atoms in total. The molecule has 1 unspecified atom stereocenters. The fourth-order valence-corrected chi connectivity index (χ4v) is 2.75. The monoisotopic (exact) mass is 334 g/mol. The van der Waals surface area contributed by atoms with Crippen LogP contribution >= 0.6 is 9.24 Å². The Hall–Kier alpha value is -1.44. The number of ether oxygens (including phenoxy) is 2. The van der Waals surface area contributed by atoms with Gasteiger partial charge in [0.05, 0.1) is 6.61 Å². The molecule has 0 bridgehead atoms. The van der Waals surface area contributed by atoms with Gasteiger partial charge in [0.15, 0.2) is 0 Å². The number of halogens is 1. The fourth-order valence-electron chi connectivity index (χ4n) is 2.41. The van der Waals surface area contributed by atoms with E-state index in [1.54, 1.807) is 13.2 Å². The Labute approximate surface area is 140 Å². The average Bonchev–Trinajstić information content (AvgIpc) is 2.54. The van der Waals surface area contributed by atoms with E-state index in [-0.39, 0.29) is 5.82 Å². The molecule has 124 valence electrons. The van der Waals surface area contributed by atoms with Gasteiger partial charge in [-0.3, -0.25) is 0 Å². The smallest absolute Gasteiger partial charge is 0.124 e. The lowest BCUT2D eigenvalue weighted by atomic mass is 10.1. The van der Waals surface area contributed by atoms with Gasteiger partial charge in [0.25, 0.3) is 0 Å². The van der Waals surface area contributed by atoms with Crippen molar-refractivity contribution in [3.8, 4) is 16.9 Å². The van der Waals surface area contributed by atoms with Crippen molar-refractivity contribution in [1.29, 1.82) is 0 Å². The largest absolute Gasteiger partial charge is 0.494 e. The summed E-state index contributed by atoms with van der Waals surface area (Å²) in [6.07, 6.45) is 4.48. The van der Waals surface area contributed by atoms with Crippen LogP contribution in [0.4, 0.5) is 4.39 Å². The maximum absolute atomic E-state index is 13.5. The molecule has 0 radical (unpaired) electrons. The van der Waals surface area contributed by atoms with Gasteiger partial charge in [0.1, 0.15) is 11.6 Å². The van der Waals surface area contributed by atoms with E-state index in [1.807, 2.05) is 30.3 Å². The van der Waals surface area contributed by atoms with Crippen LogP contribution in [0.3, 0.4) is 0 Å². The summed E-state index contributed by atoms with van der Waals surface area (Å²) in [5.74, 6) is 0.634. The molecule has 0 amide bonds. The number of hydrogen-bond acceptors (Lipinski definition) is 2. The van der Waals surface area contributed by atoms with Gasteiger partial charge in [-0.25, -0.2) is 4.39 Å². The second-order valence-electron chi connectivity index (χ2n) is 5.55. The molecule has 0 spiro atoms. The van der Waals surface area contributed by atoms with Gasteiger partial charge in [-0.05, 0) is 66.0 Å². The van der Waals surface area contributed by atoms with Gasteiger partial charge >= 0.3 is 0 Å². The minimum atomic E-state index is -0.221. The van der Waals surface area contributed by atoms with Crippen LogP contribution in [-0.4, -0.2) is 20.3 Å². The Kier molecular flexibility index (Phi) is 7.51. The molecule has 0 aliphatic rings. The second-order valence-corrected chi connectivity index (χ2v) is 6.22. The summed E-state index contributed by atoms with van der Waals surface area (Å²) >= 11 is 0. The molecule has 0 aliphatic heterocycles. The van der Waals surface area contributed by atoms with E-state index < -0.39 is 0 Å². The maximum Gasteiger partial charge on any atom is 0.124 e. The highest BCUT2D eigenvalue weighted by molar-refractivity contribution is 7.27. The Morgan fingerprint density at radius 2 is 1.57 bits per heavy atom. The van der Waals surface area contributed by atoms with Gasteiger partial charge in [-0.15, -0.1) is 9.24 Å². The summed E-state index contributed by atoms with van der Waals surface area (Å²) in [7, 11) is 4.26. The van der Waals surface area contributed by atoms with Crippen LogP contribution in [0.25, 0.3) is 11.1 Å². The summed E-state index contributed by atoms with van der Waals surface area (Å²) in [6, 6.07) is 12.8. The minimum Gasteiger partial charge on any atom is -0.494 e. The van der Waals surface area contributed by atoms with Crippen molar-refractivity contribution in [3.05, 3.63) is 48.3 Å². The highest BCUT2D eigenvalue weighted by Gasteiger charge is 2.02. The Bertz CT molecular complexity index is 579. The van der Waals surface area contributed by atoms with Crippen molar-refractivity contribution in [3.63, 3.8) is 0 Å². The Morgan fingerprint density at radius 1 is 0.870 bits per heavy atom. The lowest BCUT2D eigenvalue weighted by Crippen LogP contribution is -1.98. The molecule has 0 N–H and O–H groups in total. The molecule has 0 saturated heterocycles. The molecule has 2 rings (SSSR count). The lowest BCUT2D eigenvalue weighted by Gasteiger charge is -2.08. The maximum atomic E-state index is 13.5. The van der Waals surface area contributed by atoms with Crippen molar-refractivity contribution >= 4 is 14.5 Å². The zero-order chi connectivity index (χ0) is 16.5. The zero-order valence-electron chi connectivity index (χ0n) is 13.6. The standard InChI is InChI=1S/C19H24FO2P/c1-21-10-4-2-3-5-11-22-18-8-6-15(7-9-18)16-12-17(20)14-19(23)13-16/h6-9,12-14H,2-5,10-11,23H2,1H3. The van der Waals surface area contributed by atoms with E-state index in [4.69, 9.17) is 9.47 Å². The second kappa shape index (κ2) is 9.64. The number of benzene rings is 2. The van der Waals surface area contributed by atoms with Crippen molar-refractivity contribution in [2.24, 2.45) is 0 Å². The van der Waals surface area contributed by atoms with Crippen molar-refractivity contribution in [2.75, 3.05) is 20.3 Å². The number of unbranched alkanes of at least 4 members (excludes halogenated alkanes) is 3. The Balaban J connectivity index is 1.80. The van der Waals surface area contributed by atoms with Crippen LogP contribution in [0, 0.1) is 5.82 Å². The van der Waals surface area contributed by atoms with Gasteiger partial charge < -0.3 is 9.47 Å². The van der Waals surface area contributed by atoms with Gasteiger partial charge in [-0.2, -0.15) is 0 Å². The van der Waals surface area contributed by atoms with Crippen LogP contribution in [0.2, 0.25) is 0 Å². The summed E-state index contributed by atoms with van der Waals surface area (Å²) in [4.78, 5) is 0. The van der Waals surface area contributed by atoms with Crippen LogP contribution in [0.1, 0.15) is 25.7 Å². The normalized spacial score (nSPS) is 10.7. The third kappa shape index (κ3) is 6.29. The number of hydrogen-bond donors (Lipinski definition) is 0.